The van der Waals surface area contributed by atoms with Crippen molar-refractivity contribution in [2.24, 2.45) is 0 Å². The molecule has 2 rings (SSSR count). The van der Waals surface area contributed by atoms with E-state index < -0.39 is 28.4 Å². The third-order valence-electron chi connectivity index (χ3n) is 3.68. The number of rotatable bonds is 6. The second-order valence-corrected chi connectivity index (χ2v) is 5.81. The largest absolute Gasteiger partial charge is 0.502 e. The summed E-state index contributed by atoms with van der Waals surface area (Å²) in [5, 5.41) is 27.0. The highest BCUT2D eigenvalue weighted by Crippen LogP contribution is 2.34. The monoisotopic (exact) mass is 365 g/mol. The Morgan fingerprint density at radius 1 is 1.44 bits per heavy atom. The molecular formula is C16H19N3O5S. The smallest absolute Gasteiger partial charge is 0.338 e. The first-order chi connectivity index (χ1) is 11.9. The molecule has 0 bridgehead atoms. The van der Waals surface area contributed by atoms with Gasteiger partial charge in [0.25, 0.3) is 0 Å². The van der Waals surface area contributed by atoms with Gasteiger partial charge < -0.3 is 20.5 Å². The number of ether oxygens (including phenoxy) is 1. The Hall–Kier alpha value is -2.68. The molecule has 1 aliphatic rings. The summed E-state index contributed by atoms with van der Waals surface area (Å²) < 4.78 is 5.14. The minimum Gasteiger partial charge on any atom is -0.502 e. The third kappa shape index (κ3) is 4.05. The van der Waals surface area contributed by atoms with Gasteiger partial charge in [-0.3, -0.25) is 10.1 Å². The van der Waals surface area contributed by atoms with Crippen molar-refractivity contribution >= 4 is 29.0 Å². The number of thiocarbonyl (C=S) groups is 1. The standard InChI is InChI=1S/C16H19N3O5S/c1-3-5-10-13(15(21)24-4-2)14(18-16(25)17-10)9-6-7-12(20)11(8-9)19(22)23/h6-8,14,20H,3-5H2,1-2H3,(H2,17,18,25)/t14-/m0/s1. The molecule has 0 fully saturated rings. The molecule has 3 N–H and O–H groups in total. The Kier molecular flexibility index (Phi) is 5.92. The zero-order chi connectivity index (χ0) is 18.6. The van der Waals surface area contributed by atoms with Crippen LogP contribution in [0, 0.1) is 10.1 Å². The SMILES string of the molecule is CCCC1=C(C(=O)OCC)[C@H](c2ccc(O)c([N+](=O)[O-])c2)NC(=S)N1. The fourth-order valence-corrected chi connectivity index (χ4v) is 2.87. The van der Waals surface area contributed by atoms with Crippen molar-refractivity contribution in [2.45, 2.75) is 32.7 Å². The molecule has 1 atom stereocenters. The van der Waals surface area contributed by atoms with Crippen molar-refractivity contribution in [1.82, 2.24) is 10.6 Å². The quantitative estimate of drug-likeness (QED) is 0.305. The summed E-state index contributed by atoms with van der Waals surface area (Å²) in [6, 6.07) is 3.26. The van der Waals surface area contributed by atoms with Gasteiger partial charge in [-0.25, -0.2) is 4.79 Å². The van der Waals surface area contributed by atoms with Crippen molar-refractivity contribution in [3.05, 3.63) is 45.1 Å². The Labute approximate surface area is 150 Å². The average Bonchev–Trinajstić information content (AvgIpc) is 2.55. The van der Waals surface area contributed by atoms with E-state index in [2.05, 4.69) is 10.6 Å². The van der Waals surface area contributed by atoms with Crippen LogP contribution in [0.4, 0.5) is 5.69 Å². The molecule has 0 saturated carbocycles. The summed E-state index contributed by atoms with van der Waals surface area (Å²) in [5.41, 5.74) is 0.955. The number of hydrogen-bond donors (Lipinski definition) is 3. The van der Waals surface area contributed by atoms with Crippen molar-refractivity contribution in [3.8, 4) is 5.75 Å². The predicted octanol–water partition coefficient (Wildman–Crippen LogP) is 2.44. The number of carbonyl (C=O) groups is 1. The van der Waals surface area contributed by atoms with Gasteiger partial charge in [-0.1, -0.05) is 19.4 Å². The fraction of sp³-hybridized carbons (Fsp3) is 0.375. The van der Waals surface area contributed by atoms with Gasteiger partial charge in [0.1, 0.15) is 0 Å². The Morgan fingerprint density at radius 2 is 2.16 bits per heavy atom. The molecule has 134 valence electrons. The zero-order valence-electron chi connectivity index (χ0n) is 13.9. The van der Waals surface area contributed by atoms with E-state index in [0.717, 1.165) is 6.42 Å². The summed E-state index contributed by atoms with van der Waals surface area (Å²) in [5.74, 6) is -0.963. The summed E-state index contributed by atoms with van der Waals surface area (Å²) in [6.07, 6.45) is 1.35. The molecule has 0 radical (unpaired) electrons. The number of allylic oxidation sites excluding steroid dienone is 1. The molecular weight excluding hydrogens is 346 g/mol. The predicted molar refractivity (Wildman–Crippen MR) is 94.9 cm³/mol. The van der Waals surface area contributed by atoms with Crippen LogP contribution in [0.2, 0.25) is 0 Å². The maximum Gasteiger partial charge on any atom is 0.338 e. The Balaban J connectivity index is 2.57. The molecule has 0 unspecified atom stereocenters. The van der Waals surface area contributed by atoms with E-state index in [0.29, 0.717) is 28.4 Å². The first-order valence-electron chi connectivity index (χ1n) is 7.84. The molecule has 1 aliphatic heterocycles. The van der Waals surface area contributed by atoms with E-state index in [1.165, 1.54) is 18.2 Å². The average molecular weight is 365 g/mol. The minimum absolute atomic E-state index is 0.203. The highest BCUT2D eigenvalue weighted by Gasteiger charge is 2.33. The lowest BCUT2D eigenvalue weighted by atomic mass is 9.93. The van der Waals surface area contributed by atoms with E-state index in [1.54, 1.807) is 6.92 Å². The van der Waals surface area contributed by atoms with Gasteiger partial charge in [-0.15, -0.1) is 0 Å². The number of carbonyl (C=O) groups excluding carboxylic acids is 1. The summed E-state index contributed by atoms with van der Waals surface area (Å²) in [6.45, 7) is 3.87. The number of aromatic hydroxyl groups is 1. The van der Waals surface area contributed by atoms with E-state index in [4.69, 9.17) is 17.0 Å². The molecule has 0 spiro atoms. The van der Waals surface area contributed by atoms with E-state index in [1.807, 2.05) is 6.92 Å². The second kappa shape index (κ2) is 7.93. The maximum atomic E-state index is 12.5. The highest BCUT2D eigenvalue weighted by atomic mass is 32.1. The molecule has 1 heterocycles. The van der Waals surface area contributed by atoms with Crippen LogP contribution in [-0.2, 0) is 9.53 Å². The number of nitrogens with zero attached hydrogens (tertiary/aromatic N) is 1. The second-order valence-electron chi connectivity index (χ2n) is 5.40. The van der Waals surface area contributed by atoms with E-state index in [-0.39, 0.29) is 6.61 Å². The number of nitro groups is 1. The lowest BCUT2D eigenvalue weighted by Crippen LogP contribution is -2.45. The van der Waals surface area contributed by atoms with Crippen LogP contribution in [0.25, 0.3) is 0 Å². The highest BCUT2D eigenvalue weighted by molar-refractivity contribution is 7.80. The Bertz CT molecular complexity index is 747. The zero-order valence-corrected chi connectivity index (χ0v) is 14.7. The molecule has 0 aliphatic carbocycles. The number of nitrogens with one attached hydrogen (secondary N) is 2. The van der Waals surface area contributed by atoms with Gasteiger partial charge in [0.2, 0.25) is 0 Å². The molecule has 0 aromatic heterocycles. The first kappa shape index (κ1) is 18.7. The van der Waals surface area contributed by atoms with Crippen LogP contribution < -0.4 is 10.6 Å². The van der Waals surface area contributed by atoms with Crippen LogP contribution >= 0.6 is 12.2 Å². The molecule has 9 heteroatoms. The molecule has 8 nitrogen and oxygen atoms in total. The van der Waals surface area contributed by atoms with Gasteiger partial charge in [0.05, 0.1) is 23.1 Å². The van der Waals surface area contributed by atoms with Crippen molar-refractivity contribution in [3.63, 3.8) is 0 Å². The number of nitro benzene ring substituents is 1. The van der Waals surface area contributed by atoms with E-state index >= 15 is 0 Å². The number of benzene rings is 1. The van der Waals surface area contributed by atoms with Crippen molar-refractivity contribution < 1.29 is 19.6 Å². The minimum atomic E-state index is -0.700. The lowest BCUT2D eigenvalue weighted by Gasteiger charge is -2.31. The van der Waals surface area contributed by atoms with Gasteiger partial charge >= 0.3 is 11.7 Å². The maximum absolute atomic E-state index is 12.5. The normalized spacial score (nSPS) is 16.9. The third-order valence-corrected chi connectivity index (χ3v) is 3.90. The molecule has 25 heavy (non-hydrogen) atoms. The van der Waals surface area contributed by atoms with Crippen LogP contribution in [0.15, 0.2) is 29.5 Å². The first-order valence-corrected chi connectivity index (χ1v) is 8.24. The molecule has 0 amide bonds. The van der Waals surface area contributed by atoms with Crippen LogP contribution in [0.3, 0.4) is 0 Å². The fourth-order valence-electron chi connectivity index (χ4n) is 2.63. The summed E-state index contributed by atoms with van der Waals surface area (Å²) in [7, 11) is 0. The van der Waals surface area contributed by atoms with Gasteiger partial charge in [0.15, 0.2) is 10.9 Å². The van der Waals surface area contributed by atoms with Crippen molar-refractivity contribution in [1.29, 1.82) is 0 Å². The summed E-state index contributed by atoms with van der Waals surface area (Å²) >= 11 is 5.20. The Morgan fingerprint density at radius 3 is 2.76 bits per heavy atom. The molecule has 1 aromatic carbocycles. The number of hydrogen-bond acceptors (Lipinski definition) is 6. The lowest BCUT2D eigenvalue weighted by molar-refractivity contribution is -0.385. The molecule has 0 saturated heterocycles. The number of phenols is 1. The number of esters is 1. The topological polar surface area (TPSA) is 114 Å². The van der Waals surface area contributed by atoms with Crippen LogP contribution in [0.1, 0.15) is 38.3 Å². The summed E-state index contributed by atoms with van der Waals surface area (Å²) in [4.78, 5) is 22.9. The van der Waals surface area contributed by atoms with Crippen molar-refractivity contribution in [2.75, 3.05) is 6.61 Å². The van der Waals surface area contributed by atoms with Gasteiger partial charge in [-0.05, 0) is 37.2 Å². The number of phenolic OH excluding ortho intramolecular Hbond substituents is 1. The van der Waals surface area contributed by atoms with Gasteiger partial charge in [0, 0.05) is 11.8 Å². The van der Waals surface area contributed by atoms with Gasteiger partial charge in [-0.2, -0.15) is 0 Å². The van der Waals surface area contributed by atoms with Crippen LogP contribution in [-0.4, -0.2) is 27.7 Å². The van der Waals surface area contributed by atoms with E-state index in [9.17, 15) is 20.0 Å². The van der Waals surface area contributed by atoms with Crippen LogP contribution in [0.5, 0.6) is 5.75 Å². The molecule has 1 aromatic rings.